The van der Waals surface area contributed by atoms with Crippen LogP contribution in [0.2, 0.25) is 0 Å². The van der Waals surface area contributed by atoms with Crippen LogP contribution in [0.5, 0.6) is 5.75 Å². The van der Waals surface area contributed by atoms with Crippen molar-refractivity contribution < 1.29 is 14.5 Å². The van der Waals surface area contributed by atoms with Gasteiger partial charge in [-0.05, 0) is 30.7 Å². The average molecular weight is 313 g/mol. The smallest absolute Gasteiger partial charge is 0.273 e. The number of rotatable bonds is 5. The molecule has 0 spiro atoms. The summed E-state index contributed by atoms with van der Waals surface area (Å²) in [4.78, 5) is 22.3. The molecule has 0 saturated heterocycles. The molecule has 0 heterocycles. The summed E-state index contributed by atoms with van der Waals surface area (Å²) in [7, 11) is 1.56. The van der Waals surface area contributed by atoms with Gasteiger partial charge in [-0.2, -0.15) is 5.10 Å². The van der Waals surface area contributed by atoms with Gasteiger partial charge in [0, 0.05) is 17.2 Å². The molecule has 0 radical (unpaired) electrons. The number of ether oxygens (including phenoxy) is 1. The fourth-order valence-corrected chi connectivity index (χ4v) is 1.90. The second-order valence-corrected chi connectivity index (χ2v) is 4.73. The number of aryl methyl sites for hydroxylation is 1. The lowest BCUT2D eigenvalue weighted by Gasteiger charge is -2.02. The van der Waals surface area contributed by atoms with Gasteiger partial charge in [-0.3, -0.25) is 14.9 Å². The summed E-state index contributed by atoms with van der Waals surface area (Å²) in [5, 5.41) is 14.7. The maximum Gasteiger partial charge on any atom is 0.273 e. The number of hydrogen-bond donors (Lipinski definition) is 1. The number of carbonyl (C=O) groups is 1. The largest absolute Gasteiger partial charge is 0.497 e. The van der Waals surface area contributed by atoms with Gasteiger partial charge in [-0.15, -0.1) is 0 Å². The SMILES string of the molecule is COc1cccc(C=NNC(=O)c2ccc(C)c([N+](=O)[O-])c2)c1. The first-order chi connectivity index (χ1) is 11.0. The van der Waals surface area contributed by atoms with Crippen LogP contribution in [0.4, 0.5) is 5.69 Å². The molecule has 2 aromatic rings. The van der Waals surface area contributed by atoms with Crippen LogP contribution >= 0.6 is 0 Å². The Morgan fingerprint density at radius 3 is 2.78 bits per heavy atom. The van der Waals surface area contributed by atoms with E-state index < -0.39 is 10.8 Å². The van der Waals surface area contributed by atoms with Gasteiger partial charge < -0.3 is 4.74 Å². The molecule has 1 N–H and O–H groups in total. The number of carbonyl (C=O) groups excluding carboxylic acids is 1. The van der Waals surface area contributed by atoms with Gasteiger partial charge in [-0.25, -0.2) is 5.43 Å². The number of nitrogens with one attached hydrogen (secondary N) is 1. The standard InChI is InChI=1S/C16H15N3O4/c1-11-6-7-13(9-15(11)19(21)22)16(20)18-17-10-12-4-3-5-14(8-12)23-2/h3-10H,1-2H3,(H,18,20). The number of nitro groups is 1. The van der Waals surface area contributed by atoms with E-state index in [4.69, 9.17) is 4.74 Å². The third-order valence-corrected chi connectivity index (χ3v) is 3.14. The van der Waals surface area contributed by atoms with E-state index in [1.165, 1.54) is 24.4 Å². The lowest BCUT2D eigenvalue weighted by Crippen LogP contribution is -2.17. The maximum atomic E-state index is 12.0. The number of benzene rings is 2. The van der Waals surface area contributed by atoms with E-state index in [1.807, 2.05) is 0 Å². The first-order valence-electron chi connectivity index (χ1n) is 6.74. The van der Waals surface area contributed by atoms with Crippen molar-refractivity contribution in [2.75, 3.05) is 7.11 Å². The van der Waals surface area contributed by atoms with Crippen LogP contribution in [0.25, 0.3) is 0 Å². The maximum absolute atomic E-state index is 12.0. The molecule has 7 nitrogen and oxygen atoms in total. The van der Waals surface area contributed by atoms with Gasteiger partial charge in [0.2, 0.25) is 0 Å². The summed E-state index contributed by atoms with van der Waals surface area (Å²) in [6, 6.07) is 11.4. The monoisotopic (exact) mass is 313 g/mol. The molecule has 2 rings (SSSR count). The van der Waals surface area contributed by atoms with Crippen molar-refractivity contribution >= 4 is 17.8 Å². The predicted octanol–water partition coefficient (Wildman–Crippen LogP) is 2.68. The van der Waals surface area contributed by atoms with Crippen LogP contribution in [0, 0.1) is 17.0 Å². The highest BCUT2D eigenvalue weighted by Crippen LogP contribution is 2.19. The average Bonchev–Trinajstić information content (AvgIpc) is 2.55. The molecular weight excluding hydrogens is 298 g/mol. The Labute approximate surface area is 132 Å². The molecule has 0 saturated carbocycles. The Bertz CT molecular complexity index is 772. The fraction of sp³-hybridized carbons (Fsp3) is 0.125. The number of nitrogens with zero attached hydrogens (tertiary/aromatic N) is 2. The normalized spacial score (nSPS) is 10.5. The zero-order valence-electron chi connectivity index (χ0n) is 12.6. The number of methoxy groups -OCH3 is 1. The fourth-order valence-electron chi connectivity index (χ4n) is 1.90. The quantitative estimate of drug-likeness (QED) is 0.521. The van der Waals surface area contributed by atoms with Crippen LogP contribution < -0.4 is 10.2 Å². The highest BCUT2D eigenvalue weighted by atomic mass is 16.6. The van der Waals surface area contributed by atoms with Crippen molar-refractivity contribution in [2.45, 2.75) is 6.92 Å². The van der Waals surface area contributed by atoms with E-state index in [1.54, 1.807) is 38.3 Å². The molecule has 2 aromatic carbocycles. The molecule has 0 aliphatic heterocycles. The van der Waals surface area contributed by atoms with Gasteiger partial charge in [0.25, 0.3) is 11.6 Å². The molecule has 23 heavy (non-hydrogen) atoms. The van der Waals surface area contributed by atoms with Crippen molar-refractivity contribution in [3.05, 3.63) is 69.3 Å². The number of hydrogen-bond acceptors (Lipinski definition) is 5. The van der Waals surface area contributed by atoms with Crippen molar-refractivity contribution in [2.24, 2.45) is 5.10 Å². The Morgan fingerprint density at radius 1 is 1.30 bits per heavy atom. The molecule has 0 unspecified atom stereocenters. The van der Waals surface area contributed by atoms with E-state index in [0.717, 1.165) is 5.56 Å². The van der Waals surface area contributed by atoms with Gasteiger partial charge in [0.15, 0.2) is 0 Å². The first kappa shape index (κ1) is 16.2. The summed E-state index contributed by atoms with van der Waals surface area (Å²) < 4.78 is 5.09. The Kier molecular flexibility index (Phi) is 5.03. The van der Waals surface area contributed by atoms with Gasteiger partial charge in [-0.1, -0.05) is 18.2 Å². The molecule has 0 atom stereocenters. The molecule has 7 heteroatoms. The lowest BCUT2D eigenvalue weighted by molar-refractivity contribution is -0.385. The van der Waals surface area contributed by atoms with Crippen LogP contribution in [0.3, 0.4) is 0 Å². The van der Waals surface area contributed by atoms with Crippen molar-refractivity contribution in [1.82, 2.24) is 5.43 Å². The highest BCUT2D eigenvalue weighted by molar-refractivity contribution is 5.95. The minimum absolute atomic E-state index is 0.102. The minimum atomic E-state index is -0.522. The second-order valence-electron chi connectivity index (χ2n) is 4.73. The zero-order valence-corrected chi connectivity index (χ0v) is 12.6. The second kappa shape index (κ2) is 7.17. The van der Waals surface area contributed by atoms with Crippen LogP contribution in [-0.4, -0.2) is 24.2 Å². The van der Waals surface area contributed by atoms with Crippen LogP contribution in [0.15, 0.2) is 47.6 Å². The van der Waals surface area contributed by atoms with Gasteiger partial charge in [0.1, 0.15) is 5.75 Å². The molecule has 0 fully saturated rings. The molecule has 0 aliphatic rings. The summed E-state index contributed by atoms with van der Waals surface area (Å²) in [6.45, 7) is 1.61. The molecule has 0 aliphatic carbocycles. The van der Waals surface area contributed by atoms with Crippen molar-refractivity contribution in [1.29, 1.82) is 0 Å². The number of amides is 1. The van der Waals surface area contributed by atoms with E-state index >= 15 is 0 Å². The molecular formula is C16H15N3O4. The Morgan fingerprint density at radius 2 is 2.09 bits per heavy atom. The lowest BCUT2D eigenvalue weighted by atomic mass is 10.1. The topological polar surface area (TPSA) is 93.8 Å². The summed E-state index contributed by atoms with van der Waals surface area (Å²) >= 11 is 0. The molecule has 0 bridgehead atoms. The Hall–Kier alpha value is -3.22. The van der Waals surface area contributed by atoms with E-state index in [-0.39, 0.29) is 11.3 Å². The summed E-state index contributed by atoms with van der Waals surface area (Å²) in [5.41, 5.74) is 3.65. The summed E-state index contributed by atoms with van der Waals surface area (Å²) in [5.74, 6) is 0.154. The first-order valence-corrected chi connectivity index (χ1v) is 6.74. The Balaban J connectivity index is 2.08. The third kappa shape index (κ3) is 4.13. The van der Waals surface area contributed by atoms with Crippen molar-refractivity contribution in [3.8, 4) is 5.75 Å². The predicted molar refractivity (Wildman–Crippen MR) is 85.9 cm³/mol. The van der Waals surface area contributed by atoms with Crippen LogP contribution in [-0.2, 0) is 0 Å². The third-order valence-electron chi connectivity index (χ3n) is 3.14. The van der Waals surface area contributed by atoms with Crippen LogP contribution in [0.1, 0.15) is 21.5 Å². The minimum Gasteiger partial charge on any atom is -0.497 e. The van der Waals surface area contributed by atoms with Gasteiger partial charge in [0.05, 0.1) is 18.2 Å². The zero-order chi connectivity index (χ0) is 16.8. The molecule has 118 valence electrons. The number of hydrazone groups is 1. The molecule has 1 amide bonds. The van der Waals surface area contributed by atoms with Crippen molar-refractivity contribution in [3.63, 3.8) is 0 Å². The van der Waals surface area contributed by atoms with Gasteiger partial charge >= 0.3 is 0 Å². The van der Waals surface area contributed by atoms with E-state index in [9.17, 15) is 14.9 Å². The highest BCUT2D eigenvalue weighted by Gasteiger charge is 2.14. The van der Waals surface area contributed by atoms with E-state index in [0.29, 0.717) is 11.3 Å². The molecule has 0 aromatic heterocycles. The van der Waals surface area contributed by atoms with E-state index in [2.05, 4.69) is 10.5 Å². The number of nitro benzene ring substituents is 1. The summed E-state index contributed by atoms with van der Waals surface area (Å²) in [6.07, 6.45) is 1.46.